The molecule has 0 bridgehead atoms. The second-order valence-corrected chi connectivity index (χ2v) is 7.46. The molecular formula is C17H17BrIN. The van der Waals surface area contributed by atoms with Gasteiger partial charge in [-0.05, 0) is 88.7 Å². The number of benzene rings is 2. The van der Waals surface area contributed by atoms with Gasteiger partial charge in [0.1, 0.15) is 0 Å². The molecule has 0 fully saturated rings. The first-order valence-electron chi connectivity index (χ1n) is 6.97. The first kappa shape index (κ1) is 14.5. The Kier molecular flexibility index (Phi) is 4.48. The van der Waals surface area contributed by atoms with Crippen molar-refractivity contribution in [1.82, 2.24) is 0 Å². The Morgan fingerprint density at radius 1 is 1.00 bits per heavy atom. The minimum absolute atomic E-state index is 0.0494. The molecule has 3 heteroatoms. The van der Waals surface area contributed by atoms with Gasteiger partial charge in [-0.15, -0.1) is 0 Å². The molecule has 0 spiro atoms. The van der Waals surface area contributed by atoms with E-state index in [1.54, 1.807) is 0 Å². The molecule has 0 saturated heterocycles. The van der Waals surface area contributed by atoms with E-state index in [9.17, 15) is 0 Å². The van der Waals surface area contributed by atoms with Gasteiger partial charge < -0.3 is 5.73 Å². The topological polar surface area (TPSA) is 26.0 Å². The molecule has 0 amide bonds. The highest BCUT2D eigenvalue weighted by molar-refractivity contribution is 14.1. The smallest absolute Gasteiger partial charge is 0.0562 e. The van der Waals surface area contributed by atoms with E-state index >= 15 is 0 Å². The summed E-state index contributed by atoms with van der Waals surface area (Å²) in [5.74, 6) is 0. The van der Waals surface area contributed by atoms with Crippen LogP contribution in [-0.2, 0) is 12.8 Å². The third-order valence-electron chi connectivity index (χ3n) is 4.02. The van der Waals surface area contributed by atoms with Gasteiger partial charge in [0.15, 0.2) is 0 Å². The standard InChI is InChI=1S/C17H17BrIN/c18-14-7-8-16(19)15(10-14)17(20)13-6-5-11-3-1-2-4-12(11)9-13/h5-10,17H,1-4,20H2. The predicted molar refractivity (Wildman–Crippen MR) is 96.0 cm³/mol. The minimum Gasteiger partial charge on any atom is -0.320 e. The lowest BCUT2D eigenvalue weighted by molar-refractivity contribution is 0.682. The number of halogens is 2. The maximum Gasteiger partial charge on any atom is 0.0562 e. The first-order valence-corrected chi connectivity index (χ1v) is 8.84. The summed E-state index contributed by atoms with van der Waals surface area (Å²) in [6.07, 6.45) is 5.05. The molecule has 104 valence electrons. The Hall–Kier alpha value is -0.390. The zero-order chi connectivity index (χ0) is 14.1. The Morgan fingerprint density at radius 2 is 1.75 bits per heavy atom. The fraction of sp³-hybridized carbons (Fsp3) is 0.294. The van der Waals surface area contributed by atoms with Crippen LogP contribution in [0.3, 0.4) is 0 Å². The molecule has 0 saturated carbocycles. The van der Waals surface area contributed by atoms with Gasteiger partial charge in [-0.2, -0.15) is 0 Å². The maximum absolute atomic E-state index is 6.49. The first-order chi connectivity index (χ1) is 9.65. The lowest BCUT2D eigenvalue weighted by atomic mass is 9.88. The molecule has 1 unspecified atom stereocenters. The number of fused-ring (bicyclic) bond motifs is 1. The molecule has 1 atom stereocenters. The molecule has 1 aliphatic carbocycles. The van der Waals surface area contributed by atoms with E-state index in [1.807, 2.05) is 0 Å². The van der Waals surface area contributed by atoms with Crippen molar-refractivity contribution < 1.29 is 0 Å². The Bertz CT molecular complexity index is 639. The average Bonchev–Trinajstić information content (AvgIpc) is 2.48. The van der Waals surface area contributed by atoms with Gasteiger partial charge in [-0.25, -0.2) is 0 Å². The fourth-order valence-electron chi connectivity index (χ4n) is 2.88. The van der Waals surface area contributed by atoms with E-state index in [0.29, 0.717) is 0 Å². The lowest BCUT2D eigenvalue weighted by Gasteiger charge is -2.20. The van der Waals surface area contributed by atoms with E-state index in [-0.39, 0.29) is 6.04 Å². The summed E-state index contributed by atoms with van der Waals surface area (Å²) in [6, 6.07) is 13.0. The number of nitrogens with two attached hydrogens (primary N) is 1. The van der Waals surface area contributed by atoms with Crippen LogP contribution in [0.1, 0.15) is 41.1 Å². The summed E-state index contributed by atoms with van der Waals surface area (Å²) in [5.41, 5.74) is 11.9. The molecule has 2 N–H and O–H groups in total. The van der Waals surface area contributed by atoms with Crippen LogP contribution in [0.15, 0.2) is 40.9 Å². The molecule has 1 aliphatic rings. The lowest BCUT2D eigenvalue weighted by Crippen LogP contribution is -2.14. The molecule has 0 aliphatic heterocycles. The summed E-state index contributed by atoms with van der Waals surface area (Å²) in [7, 11) is 0. The van der Waals surface area contributed by atoms with Crippen molar-refractivity contribution in [3.8, 4) is 0 Å². The van der Waals surface area contributed by atoms with E-state index in [4.69, 9.17) is 5.73 Å². The van der Waals surface area contributed by atoms with E-state index in [2.05, 4.69) is 74.9 Å². The van der Waals surface area contributed by atoms with Crippen LogP contribution in [0, 0.1) is 3.57 Å². The van der Waals surface area contributed by atoms with Crippen molar-refractivity contribution in [2.24, 2.45) is 5.73 Å². The van der Waals surface area contributed by atoms with Crippen LogP contribution >= 0.6 is 38.5 Å². The van der Waals surface area contributed by atoms with Gasteiger partial charge in [0.25, 0.3) is 0 Å². The third-order valence-corrected chi connectivity index (χ3v) is 5.50. The van der Waals surface area contributed by atoms with Gasteiger partial charge in [-0.3, -0.25) is 0 Å². The highest BCUT2D eigenvalue weighted by Crippen LogP contribution is 2.30. The predicted octanol–water partition coefficient (Wildman–Crippen LogP) is 4.98. The molecule has 2 aromatic carbocycles. The molecular weight excluding hydrogens is 425 g/mol. The second-order valence-electron chi connectivity index (χ2n) is 5.38. The summed E-state index contributed by atoms with van der Waals surface area (Å²) in [4.78, 5) is 0. The summed E-state index contributed by atoms with van der Waals surface area (Å²) in [5, 5.41) is 0. The van der Waals surface area contributed by atoms with E-state index < -0.39 is 0 Å². The van der Waals surface area contributed by atoms with Crippen LogP contribution in [0.2, 0.25) is 0 Å². The highest BCUT2D eigenvalue weighted by Gasteiger charge is 2.16. The molecule has 0 aromatic heterocycles. The maximum atomic E-state index is 6.49. The Balaban J connectivity index is 1.97. The fourth-order valence-corrected chi connectivity index (χ4v) is 3.93. The summed E-state index contributed by atoms with van der Waals surface area (Å²) < 4.78 is 2.30. The normalized spacial score (nSPS) is 15.8. The van der Waals surface area contributed by atoms with Gasteiger partial charge in [-0.1, -0.05) is 34.1 Å². The molecule has 2 aromatic rings. The summed E-state index contributed by atoms with van der Waals surface area (Å²) >= 11 is 5.90. The van der Waals surface area contributed by atoms with Crippen LogP contribution < -0.4 is 5.73 Å². The van der Waals surface area contributed by atoms with Crippen LogP contribution in [0.5, 0.6) is 0 Å². The van der Waals surface area contributed by atoms with Gasteiger partial charge in [0.2, 0.25) is 0 Å². The molecule has 1 nitrogen and oxygen atoms in total. The number of aryl methyl sites for hydroxylation is 2. The SMILES string of the molecule is NC(c1ccc2c(c1)CCCC2)c1cc(Br)ccc1I. The molecule has 20 heavy (non-hydrogen) atoms. The number of hydrogen-bond acceptors (Lipinski definition) is 1. The van der Waals surface area contributed by atoms with Crippen molar-refractivity contribution in [1.29, 1.82) is 0 Å². The van der Waals surface area contributed by atoms with Gasteiger partial charge >= 0.3 is 0 Å². The highest BCUT2D eigenvalue weighted by atomic mass is 127. The van der Waals surface area contributed by atoms with Crippen molar-refractivity contribution in [3.05, 3.63) is 66.7 Å². The van der Waals surface area contributed by atoms with E-state index in [0.717, 1.165) is 4.47 Å². The zero-order valence-corrected chi connectivity index (χ0v) is 14.9. The minimum atomic E-state index is -0.0494. The van der Waals surface area contributed by atoms with Crippen LogP contribution in [0.4, 0.5) is 0 Å². The quantitative estimate of drug-likeness (QED) is 0.653. The average molecular weight is 442 g/mol. The Morgan fingerprint density at radius 3 is 2.55 bits per heavy atom. The van der Waals surface area contributed by atoms with E-state index in [1.165, 1.54) is 51.5 Å². The summed E-state index contributed by atoms with van der Waals surface area (Å²) in [6.45, 7) is 0. The van der Waals surface area contributed by atoms with Crippen LogP contribution in [-0.4, -0.2) is 0 Å². The number of rotatable bonds is 2. The van der Waals surface area contributed by atoms with Gasteiger partial charge in [0, 0.05) is 8.04 Å². The molecule has 3 rings (SSSR count). The Labute approximate surface area is 142 Å². The van der Waals surface area contributed by atoms with Crippen molar-refractivity contribution in [2.75, 3.05) is 0 Å². The van der Waals surface area contributed by atoms with Crippen molar-refractivity contribution in [3.63, 3.8) is 0 Å². The largest absolute Gasteiger partial charge is 0.320 e. The van der Waals surface area contributed by atoms with Crippen molar-refractivity contribution in [2.45, 2.75) is 31.7 Å². The second kappa shape index (κ2) is 6.16. The van der Waals surface area contributed by atoms with Crippen molar-refractivity contribution >= 4 is 38.5 Å². The number of hydrogen-bond donors (Lipinski definition) is 1. The zero-order valence-electron chi connectivity index (χ0n) is 11.2. The third kappa shape index (κ3) is 2.95. The molecule has 0 heterocycles. The monoisotopic (exact) mass is 441 g/mol. The van der Waals surface area contributed by atoms with Crippen LogP contribution in [0.25, 0.3) is 0 Å². The van der Waals surface area contributed by atoms with Gasteiger partial charge in [0.05, 0.1) is 6.04 Å². The molecule has 0 radical (unpaired) electrons.